The summed E-state index contributed by atoms with van der Waals surface area (Å²) in [4.78, 5) is 28.1. The van der Waals surface area contributed by atoms with Crippen molar-refractivity contribution >= 4 is 35.0 Å². The predicted molar refractivity (Wildman–Crippen MR) is 122 cm³/mol. The molecular formula is C24H28Cl2N2O2. The lowest BCUT2D eigenvalue weighted by molar-refractivity contribution is -0.141. The average Bonchev–Trinajstić information content (AvgIpc) is 3.22. The van der Waals surface area contributed by atoms with Gasteiger partial charge in [-0.05, 0) is 54.7 Å². The summed E-state index contributed by atoms with van der Waals surface area (Å²) in [6, 6.07) is 14.4. The molecule has 0 aromatic heterocycles. The van der Waals surface area contributed by atoms with E-state index in [1.54, 1.807) is 29.2 Å². The molecule has 0 aliphatic heterocycles. The molecule has 1 saturated carbocycles. The monoisotopic (exact) mass is 446 g/mol. The number of nitrogens with zero attached hydrogens (tertiary/aromatic N) is 1. The van der Waals surface area contributed by atoms with E-state index < -0.39 is 6.04 Å². The van der Waals surface area contributed by atoms with Crippen LogP contribution in [0.2, 0.25) is 10.0 Å². The molecule has 160 valence electrons. The number of carbonyl (C=O) groups is 2. The maximum atomic E-state index is 13.3. The van der Waals surface area contributed by atoms with Crippen LogP contribution in [0.3, 0.4) is 0 Å². The molecule has 0 saturated heterocycles. The maximum Gasteiger partial charge on any atom is 0.243 e. The first-order valence-electron chi connectivity index (χ1n) is 10.5. The quantitative estimate of drug-likeness (QED) is 0.589. The van der Waals surface area contributed by atoms with Crippen molar-refractivity contribution in [2.24, 2.45) is 0 Å². The number of amides is 2. The molecule has 0 unspecified atom stereocenters. The smallest absolute Gasteiger partial charge is 0.243 e. The Labute approximate surface area is 188 Å². The van der Waals surface area contributed by atoms with Gasteiger partial charge in [0.1, 0.15) is 6.04 Å². The minimum absolute atomic E-state index is 0.0715. The van der Waals surface area contributed by atoms with Crippen molar-refractivity contribution in [3.05, 3.63) is 69.7 Å². The molecular weight excluding hydrogens is 419 g/mol. The highest BCUT2D eigenvalue weighted by molar-refractivity contribution is 6.30. The fraction of sp³-hybridized carbons (Fsp3) is 0.417. The van der Waals surface area contributed by atoms with Gasteiger partial charge in [0.2, 0.25) is 11.8 Å². The van der Waals surface area contributed by atoms with Gasteiger partial charge in [-0.25, -0.2) is 0 Å². The Morgan fingerprint density at radius 3 is 2.37 bits per heavy atom. The molecule has 0 heterocycles. The van der Waals surface area contributed by atoms with E-state index in [9.17, 15) is 9.59 Å². The summed E-state index contributed by atoms with van der Waals surface area (Å²) >= 11 is 12.1. The van der Waals surface area contributed by atoms with Crippen molar-refractivity contribution in [2.75, 3.05) is 0 Å². The number of carbonyl (C=O) groups excluding carboxylic acids is 2. The maximum absolute atomic E-state index is 13.3. The van der Waals surface area contributed by atoms with E-state index in [1.165, 1.54) is 0 Å². The van der Waals surface area contributed by atoms with Crippen LogP contribution >= 0.6 is 23.2 Å². The molecule has 1 aliphatic rings. The molecule has 2 amide bonds. The van der Waals surface area contributed by atoms with Gasteiger partial charge in [-0.1, -0.05) is 67.2 Å². The third kappa shape index (κ3) is 6.23. The molecule has 1 N–H and O–H groups in total. The van der Waals surface area contributed by atoms with E-state index >= 15 is 0 Å². The van der Waals surface area contributed by atoms with Gasteiger partial charge in [-0.2, -0.15) is 0 Å². The Morgan fingerprint density at radius 1 is 1.03 bits per heavy atom. The molecule has 3 rings (SSSR count). The van der Waals surface area contributed by atoms with Gasteiger partial charge in [0.15, 0.2) is 0 Å². The zero-order valence-electron chi connectivity index (χ0n) is 17.2. The largest absolute Gasteiger partial charge is 0.352 e. The summed E-state index contributed by atoms with van der Waals surface area (Å²) < 4.78 is 0. The second-order valence-electron chi connectivity index (χ2n) is 7.87. The second kappa shape index (κ2) is 10.8. The fourth-order valence-electron chi connectivity index (χ4n) is 4.00. The molecule has 0 spiro atoms. The van der Waals surface area contributed by atoms with Crippen molar-refractivity contribution < 1.29 is 9.59 Å². The van der Waals surface area contributed by atoms with E-state index in [0.29, 0.717) is 23.0 Å². The van der Waals surface area contributed by atoms with Gasteiger partial charge in [-0.3, -0.25) is 9.59 Å². The molecule has 30 heavy (non-hydrogen) atoms. The molecule has 1 aliphatic carbocycles. The number of hydrogen-bond acceptors (Lipinski definition) is 2. The highest BCUT2D eigenvalue weighted by Crippen LogP contribution is 2.21. The van der Waals surface area contributed by atoms with Crippen LogP contribution in [0.15, 0.2) is 48.5 Å². The fourth-order valence-corrected chi connectivity index (χ4v) is 4.34. The topological polar surface area (TPSA) is 49.4 Å². The number of halogens is 2. The van der Waals surface area contributed by atoms with Gasteiger partial charge in [0, 0.05) is 22.6 Å². The number of rotatable bonds is 8. The molecule has 4 nitrogen and oxygen atoms in total. The first-order chi connectivity index (χ1) is 14.5. The summed E-state index contributed by atoms with van der Waals surface area (Å²) in [5, 5.41) is 4.39. The minimum atomic E-state index is -0.520. The summed E-state index contributed by atoms with van der Waals surface area (Å²) in [7, 11) is 0. The van der Waals surface area contributed by atoms with Crippen molar-refractivity contribution in [1.82, 2.24) is 10.2 Å². The molecule has 1 fully saturated rings. The number of benzene rings is 2. The van der Waals surface area contributed by atoms with Gasteiger partial charge in [0.05, 0.1) is 6.42 Å². The molecule has 1 atom stereocenters. The van der Waals surface area contributed by atoms with Crippen LogP contribution < -0.4 is 5.32 Å². The van der Waals surface area contributed by atoms with E-state index in [0.717, 1.165) is 36.8 Å². The van der Waals surface area contributed by atoms with Crippen LogP contribution in [0.1, 0.15) is 50.2 Å². The summed E-state index contributed by atoms with van der Waals surface area (Å²) in [6.45, 7) is 2.30. The number of hydrogen-bond donors (Lipinski definition) is 1. The third-order valence-electron chi connectivity index (χ3n) is 5.60. The van der Waals surface area contributed by atoms with Crippen molar-refractivity contribution in [3.63, 3.8) is 0 Å². The Hall–Kier alpha value is -2.04. The Kier molecular flexibility index (Phi) is 8.17. The van der Waals surface area contributed by atoms with Crippen LogP contribution in [0.25, 0.3) is 0 Å². The zero-order chi connectivity index (χ0) is 21.5. The Bertz CT molecular complexity index is 864. The SMILES string of the molecule is CC[C@H](C(=O)NC1CCCC1)N(Cc1ccc(Cl)cc1)C(=O)Cc1cccc(Cl)c1. The lowest BCUT2D eigenvalue weighted by Crippen LogP contribution is -2.51. The molecule has 0 bridgehead atoms. The molecule has 0 radical (unpaired) electrons. The second-order valence-corrected chi connectivity index (χ2v) is 8.74. The summed E-state index contributed by atoms with van der Waals surface area (Å²) in [6.07, 6.45) is 5.05. The van der Waals surface area contributed by atoms with E-state index in [1.807, 2.05) is 31.2 Å². The molecule has 2 aromatic rings. The van der Waals surface area contributed by atoms with Crippen LogP contribution in [0.5, 0.6) is 0 Å². The number of nitrogens with one attached hydrogen (secondary N) is 1. The van der Waals surface area contributed by atoms with Crippen molar-refractivity contribution in [1.29, 1.82) is 0 Å². The van der Waals surface area contributed by atoms with Crippen LogP contribution in [-0.4, -0.2) is 28.8 Å². The van der Waals surface area contributed by atoms with Crippen LogP contribution in [0.4, 0.5) is 0 Å². The zero-order valence-corrected chi connectivity index (χ0v) is 18.8. The lowest BCUT2D eigenvalue weighted by atomic mass is 10.1. The van der Waals surface area contributed by atoms with E-state index in [2.05, 4.69) is 5.32 Å². The first kappa shape index (κ1) is 22.6. The normalized spacial score (nSPS) is 15.0. The van der Waals surface area contributed by atoms with Crippen molar-refractivity contribution in [2.45, 2.75) is 64.1 Å². The molecule has 6 heteroatoms. The third-order valence-corrected chi connectivity index (χ3v) is 6.09. The standard InChI is InChI=1S/C24H28Cl2N2O2/c1-2-22(24(30)27-21-8-3-4-9-21)28(16-17-10-12-19(25)13-11-17)23(29)15-18-6-5-7-20(26)14-18/h5-7,10-14,21-22H,2-4,8-9,15-16H2,1H3,(H,27,30)/t22-/m1/s1. The van der Waals surface area contributed by atoms with Crippen LogP contribution in [0, 0.1) is 0 Å². The summed E-state index contributed by atoms with van der Waals surface area (Å²) in [5.41, 5.74) is 1.77. The van der Waals surface area contributed by atoms with E-state index in [4.69, 9.17) is 23.2 Å². The Morgan fingerprint density at radius 2 is 1.73 bits per heavy atom. The van der Waals surface area contributed by atoms with Gasteiger partial charge in [-0.15, -0.1) is 0 Å². The van der Waals surface area contributed by atoms with Gasteiger partial charge < -0.3 is 10.2 Å². The van der Waals surface area contributed by atoms with E-state index in [-0.39, 0.29) is 24.3 Å². The predicted octanol–water partition coefficient (Wildman–Crippen LogP) is 5.40. The minimum Gasteiger partial charge on any atom is -0.352 e. The van der Waals surface area contributed by atoms with Gasteiger partial charge >= 0.3 is 0 Å². The Balaban J connectivity index is 1.81. The molecule has 2 aromatic carbocycles. The summed E-state index contributed by atoms with van der Waals surface area (Å²) in [5.74, 6) is -0.168. The lowest BCUT2D eigenvalue weighted by Gasteiger charge is -2.31. The average molecular weight is 447 g/mol. The van der Waals surface area contributed by atoms with Crippen LogP contribution in [-0.2, 0) is 22.6 Å². The highest BCUT2D eigenvalue weighted by atomic mass is 35.5. The van der Waals surface area contributed by atoms with Crippen molar-refractivity contribution in [3.8, 4) is 0 Å². The van der Waals surface area contributed by atoms with Gasteiger partial charge in [0.25, 0.3) is 0 Å². The first-order valence-corrected chi connectivity index (χ1v) is 11.3. The highest BCUT2D eigenvalue weighted by Gasteiger charge is 2.30.